The van der Waals surface area contributed by atoms with Crippen molar-refractivity contribution in [1.82, 2.24) is 4.90 Å². The van der Waals surface area contributed by atoms with E-state index in [2.05, 4.69) is 17.9 Å². The van der Waals surface area contributed by atoms with Gasteiger partial charge in [-0.15, -0.1) is 0 Å². The van der Waals surface area contributed by atoms with Crippen molar-refractivity contribution in [3.05, 3.63) is 34.9 Å². The molecule has 3 unspecified atom stereocenters. The molecule has 0 aliphatic carbocycles. The van der Waals surface area contributed by atoms with E-state index in [-0.39, 0.29) is 12.1 Å². The number of hydrogen-bond donors (Lipinski definition) is 2. The largest absolute Gasteiger partial charge is 0.390 e. The van der Waals surface area contributed by atoms with Crippen LogP contribution in [0.2, 0.25) is 5.02 Å². The molecule has 1 fully saturated rings. The lowest BCUT2D eigenvalue weighted by atomic mass is 9.95. The van der Waals surface area contributed by atoms with E-state index in [0.717, 1.165) is 43.8 Å². The molecule has 3 N–H and O–H groups in total. The first-order valence-electron chi connectivity index (χ1n) is 7.90. The number of hydrogen-bond acceptors (Lipinski definition) is 3. The van der Waals surface area contributed by atoms with Gasteiger partial charge in [0.25, 0.3) is 0 Å². The molecule has 0 spiro atoms. The lowest BCUT2D eigenvalue weighted by Crippen LogP contribution is -2.41. The molecule has 1 heterocycles. The van der Waals surface area contributed by atoms with Crippen molar-refractivity contribution in [2.45, 2.75) is 57.2 Å². The Labute approximate surface area is 133 Å². The zero-order valence-electron chi connectivity index (χ0n) is 13.1. The summed E-state index contributed by atoms with van der Waals surface area (Å²) in [5, 5.41) is 11.0. The minimum absolute atomic E-state index is 0.0755. The summed E-state index contributed by atoms with van der Waals surface area (Å²) in [4.78, 5) is 2.42. The summed E-state index contributed by atoms with van der Waals surface area (Å²) in [6, 6.07) is 8.25. The van der Waals surface area contributed by atoms with E-state index in [1.807, 2.05) is 25.1 Å². The molecule has 0 amide bonds. The molecule has 1 saturated heterocycles. The van der Waals surface area contributed by atoms with Gasteiger partial charge in [-0.25, -0.2) is 0 Å². The smallest absolute Gasteiger partial charge is 0.0632 e. The maximum atomic E-state index is 10.3. The van der Waals surface area contributed by atoms with E-state index in [1.165, 1.54) is 5.56 Å². The van der Waals surface area contributed by atoms with Gasteiger partial charge in [-0.05, 0) is 56.8 Å². The maximum absolute atomic E-state index is 10.3. The van der Waals surface area contributed by atoms with E-state index in [4.69, 9.17) is 17.3 Å². The van der Waals surface area contributed by atoms with Gasteiger partial charge in [-0.2, -0.15) is 0 Å². The van der Waals surface area contributed by atoms with Gasteiger partial charge in [0.2, 0.25) is 0 Å². The number of aliphatic hydroxyl groups is 1. The summed E-state index contributed by atoms with van der Waals surface area (Å²) in [6.45, 7) is 5.90. The standard InChI is InChI=1S/C17H27ClN2O/c1-3-15(19)16(13-6-4-7-14(18)12-13)20-10-5-8-17(2,21)9-11-20/h4,6-7,12,15-16,21H,3,5,8-11,19H2,1-2H3. The predicted molar refractivity (Wildman–Crippen MR) is 88.5 cm³/mol. The van der Waals surface area contributed by atoms with Crippen molar-refractivity contribution in [1.29, 1.82) is 0 Å². The van der Waals surface area contributed by atoms with Crippen LogP contribution in [0.25, 0.3) is 0 Å². The van der Waals surface area contributed by atoms with Crippen LogP contribution in [-0.4, -0.2) is 34.7 Å². The molecular formula is C17H27ClN2O. The number of nitrogens with zero attached hydrogens (tertiary/aromatic N) is 1. The number of benzene rings is 1. The van der Waals surface area contributed by atoms with Gasteiger partial charge in [-0.1, -0.05) is 30.7 Å². The summed E-state index contributed by atoms with van der Waals surface area (Å²) in [7, 11) is 0. The van der Waals surface area contributed by atoms with Crippen molar-refractivity contribution in [3.8, 4) is 0 Å². The Kier molecular flexibility index (Phi) is 5.67. The third-order valence-corrected chi connectivity index (χ3v) is 4.79. The van der Waals surface area contributed by atoms with Gasteiger partial charge >= 0.3 is 0 Å². The third kappa shape index (κ3) is 4.43. The molecule has 4 heteroatoms. The van der Waals surface area contributed by atoms with Gasteiger partial charge in [-0.3, -0.25) is 4.90 Å². The summed E-state index contributed by atoms with van der Waals surface area (Å²) >= 11 is 6.15. The fraction of sp³-hybridized carbons (Fsp3) is 0.647. The monoisotopic (exact) mass is 310 g/mol. The van der Waals surface area contributed by atoms with Crippen molar-refractivity contribution >= 4 is 11.6 Å². The first kappa shape index (κ1) is 16.8. The molecule has 0 bridgehead atoms. The Morgan fingerprint density at radius 2 is 2.14 bits per heavy atom. The van der Waals surface area contributed by atoms with Crippen LogP contribution < -0.4 is 5.73 Å². The molecule has 1 aliphatic heterocycles. The molecule has 1 aromatic rings. The van der Waals surface area contributed by atoms with E-state index >= 15 is 0 Å². The average molecular weight is 311 g/mol. The van der Waals surface area contributed by atoms with Gasteiger partial charge in [0, 0.05) is 23.7 Å². The molecule has 1 aliphatic rings. The molecule has 3 nitrogen and oxygen atoms in total. The van der Waals surface area contributed by atoms with Crippen molar-refractivity contribution in [2.24, 2.45) is 5.73 Å². The maximum Gasteiger partial charge on any atom is 0.0632 e. The Hall–Kier alpha value is -0.610. The predicted octanol–water partition coefficient (Wildman–Crippen LogP) is 3.36. The highest BCUT2D eigenvalue weighted by molar-refractivity contribution is 6.30. The number of likely N-dealkylation sites (tertiary alicyclic amines) is 1. The minimum atomic E-state index is -0.552. The van der Waals surface area contributed by atoms with Crippen LogP contribution in [0.3, 0.4) is 0 Å². The van der Waals surface area contributed by atoms with E-state index < -0.39 is 5.60 Å². The van der Waals surface area contributed by atoms with Crippen LogP contribution in [-0.2, 0) is 0 Å². The zero-order valence-corrected chi connectivity index (χ0v) is 13.8. The Morgan fingerprint density at radius 1 is 1.38 bits per heavy atom. The molecule has 2 rings (SSSR count). The molecule has 1 aromatic carbocycles. The fourth-order valence-corrected chi connectivity index (χ4v) is 3.40. The number of rotatable bonds is 4. The normalized spacial score (nSPS) is 27.1. The van der Waals surface area contributed by atoms with Crippen molar-refractivity contribution in [3.63, 3.8) is 0 Å². The first-order chi connectivity index (χ1) is 9.93. The number of halogens is 1. The van der Waals surface area contributed by atoms with E-state index in [9.17, 15) is 5.11 Å². The van der Waals surface area contributed by atoms with Crippen LogP contribution >= 0.6 is 11.6 Å². The Bertz CT molecular complexity index is 464. The van der Waals surface area contributed by atoms with Crippen LogP contribution in [0.4, 0.5) is 0 Å². The lowest BCUT2D eigenvalue weighted by Gasteiger charge is -2.35. The highest BCUT2D eigenvalue weighted by atomic mass is 35.5. The zero-order chi connectivity index (χ0) is 15.5. The highest BCUT2D eigenvalue weighted by Gasteiger charge is 2.31. The SMILES string of the molecule is CCC(N)C(c1cccc(Cl)c1)N1CCCC(C)(O)CC1. The van der Waals surface area contributed by atoms with Gasteiger partial charge < -0.3 is 10.8 Å². The minimum Gasteiger partial charge on any atom is -0.390 e. The van der Waals surface area contributed by atoms with E-state index in [0.29, 0.717) is 0 Å². The Morgan fingerprint density at radius 3 is 2.81 bits per heavy atom. The van der Waals surface area contributed by atoms with Crippen LogP contribution in [0.1, 0.15) is 51.1 Å². The second-order valence-corrected chi connectivity index (χ2v) is 6.89. The molecule has 0 radical (unpaired) electrons. The summed E-state index contributed by atoms with van der Waals surface area (Å²) in [5.74, 6) is 0. The number of nitrogens with two attached hydrogens (primary N) is 1. The quantitative estimate of drug-likeness (QED) is 0.896. The fourth-order valence-electron chi connectivity index (χ4n) is 3.21. The topological polar surface area (TPSA) is 49.5 Å². The molecule has 0 aromatic heterocycles. The van der Waals surface area contributed by atoms with Crippen molar-refractivity contribution < 1.29 is 5.11 Å². The second-order valence-electron chi connectivity index (χ2n) is 6.46. The van der Waals surface area contributed by atoms with Crippen LogP contribution in [0.5, 0.6) is 0 Å². The second kappa shape index (κ2) is 7.10. The summed E-state index contributed by atoms with van der Waals surface area (Å²) in [6.07, 6.45) is 3.57. The van der Waals surface area contributed by atoms with Crippen LogP contribution in [0, 0.1) is 0 Å². The molecule has 21 heavy (non-hydrogen) atoms. The highest BCUT2D eigenvalue weighted by Crippen LogP contribution is 2.31. The van der Waals surface area contributed by atoms with Gasteiger partial charge in [0.05, 0.1) is 5.60 Å². The van der Waals surface area contributed by atoms with Gasteiger partial charge in [0.15, 0.2) is 0 Å². The van der Waals surface area contributed by atoms with Crippen molar-refractivity contribution in [2.75, 3.05) is 13.1 Å². The summed E-state index contributed by atoms with van der Waals surface area (Å²) < 4.78 is 0. The lowest BCUT2D eigenvalue weighted by molar-refractivity contribution is 0.0422. The average Bonchev–Trinajstić information content (AvgIpc) is 2.60. The van der Waals surface area contributed by atoms with Crippen LogP contribution in [0.15, 0.2) is 24.3 Å². The first-order valence-corrected chi connectivity index (χ1v) is 8.28. The summed E-state index contributed by atoms with van der Waals surface area (Å²) in [5.41, 5.74) is 7.03. The molecular weight excluding hydrogens is 284 g/mol. The molecule has 118 valence electrons. The molecule has 0 saturated carbocycles. The van der Waals surface area contributed by atoms with E-state index in [1.54, 1.807) is 0 Å². The third-order valence-electron chi connectivity index (χ3n) is 4.56. The van der Waals surface area contributed by atoms with Gasteiger partial charge in [0.1, 0.15) is 0 Å². The molecule has 3 atom stereocenters. The Balaban J connectivity index is 2.24.